The fraction of sp³-hybridized carbons (Fsp3) is 0.310. The summed E-state index contributed by atoms with van der Waals surface area (Å²) in [7, 11) is 4.38. The van der Waals surface area contributed by atoms with Gasteiger partial charge in [0.2, 0.25) is 0 Å². The summed E-state index contributed by atoms with van der Waals surface area (Å²) in [6.45, 7) is 1.24. The number of benzene rings is 3. The summed E-state index contributed by atoms with van der Waals surface area (Å²) < 4.78 is 61.0. The van der Waals surface area contributed by atoms with Gasteiger partial charge < -0.3 is 28.4 Å². The van der Waals surface area contributed by atoms with Gasteiger partial charge in [-0.05, 0) is 48.9 Å². The highest BCUT2D eigenvalue weighted by molar-refractivity contribution is 7.92. The number of rotatable bonds is 14. The lowest BCUT2D eigenvalue weighted by Gasteiger charge is -2.26. The number of carbonyl (C=O) groups excluding carboxylic acids is 1. The standard InChI is InChI=1S/C29H35N3O9S/c1-8-22(19-9-12-25(38-4)27(15-19)40-6)30-31-29(33)18-32(23-16-20(36-2)10-13-24(23)37-3)42(34,35)21-11-14-26(39-5)28(17-21)41-7/h9-17H,8,18H2,1-7H3,(H,31,33)/b30-22-. The molecule has 226 valence electrons. The van der Waals surface area contributed by atoms with Crippen molar-refractivity contribution in [2.45, 2.75) is 18.2 Å². The zero-order valence-corrected chi connectivity index (χ0v) is 25.4. The van der Waals surface area contributed by atoms with E-state index in [-0.39, 0.29) is 22.1 Å². The number of sulfonamides is 1. The van der Waals surface area contributed by atoms with Crippen LogP contribution in [-0.4, -0.2) is 69.2 Å². The van der Waals surface area contributed by atoms with Crippen molar-refractivity contribution >= 4 is 27.3 Å². The minimum Gasteiger partial charge on any atom is -0.497 e. The van der Waals surface area contributed by atoms with Crippen LogP contribution in [0, 0.1) is 0 Å². The Morgan fingerprint density at radius 3 is 1.88 bits per heavy atom. The van der Waals surface area contributed by atoms with E-state index in [2.05, 4.69) is 10.5 Å². The Balaban J connectivity index is 2.04. The molecule has 1 N–H and O–H groups in total. The van der Waals surface area contributed by atoms with Crippen molar-refractivity contribution in [3.05, 3.63) is 60.2 Å². The fourth-order valence-corrected chi connectivity index (χ4v) is 5.49. The van der Waals surface area contributed by atoms with Crippen LogP contribution in [0.25, 0.3) is 0 Å². The Morgan fingerprint density at radius 1 is 0.738 bits per heavy atom. The van der Waals surface area contributed by atoms with E-state index in [0.29, 0.717) is 40.7 Å². The number of methoxy groups -OCH3 is 6. The van der Waals surface area contributed by atoms with Crippen molar-refractivity contribution in [3.63, 3.8) is 0 Å². The molecular formula is C29H35N3O9S. The van der Waals surface area contributed by atoms with Crippen molar-refractivity contribution < 1.29 is 41.6 Å². The molecule has 0 saturated heterocycles. The molecule has 0 fully saturated rings. The van der Waals surface area contributed by atoms with Gasteiger partial charge in [0.1, 0.15) is 18.0 Å². The molecular weight excluding hydrogens is 566 g/mol. The SMILES string of the molecule is CC/C(=N/NC(=O)CN(c1cc(OC)ccc1OC)S(=O)(=O)c1ccc(OC)c(OC)c1)c1ccc(OC)c(OC)c1. The van der Waals surface area contributed by atoms with Crippen molar-refractivity contribution in [2.24, 2.45) is 5.10 Å². The number of hydrogen-bond donors (Lipinski definition) is 1. The lowest BCUT2D eigenvalue weighted by Crippen LogP contribution is -2.40. The Bertz CT molecular complexity index is 1540. The van der Waals surface area contributed by atoms with Crippen LogP contribution in [0.5, 0.6) is 34.5 Å². The maximum absolute atomic E-state index is 14.0. The number of ether oxygens (including phenoxy) is 6. The zero-order chi connectivity index (χ0) is 30.9. The number of amides is 1. The summed E-state index contributed by atoms with van der Waals surface area (Å²) >= 11 is 0. The normalized spacial score (nSPS) is 11.4. The van der Waals surface area contributed by atoms with E-state index in [1.54, 1.807) is 30.3 Å². The number of nitrogens with zero attached hydrogens (tertiary/aromatic N) is 2. The van der Waals surface area contributed by atoms with Crippen LogP contribution in [-0.2, 0) is 14.8 Å². The first-order valence-electron chi connectivity index (χ1n) is 12.7. The smallest absolute Gasteiger partial charge is 0.265 e. The number of anilines is 1. The monoisotopic (exact) mass is 601 g/mol. The molecule has 12 nitrogen and oxygen atoms in total. The molecule has 0 saturated carbocycles. The predicted octanol–water partition coefficient (Wildman–Crippen LogP) is 3.86. The van der Waals surface area contributed by atoms with E-state index in [9.17, 15) is 13.2 Å². The molecule has 0 aromatic heterocycles. The average Bonchev–Trinajstić information content (AvgIpc) is 3.02. The van der Waals surface area contributed by atoms with Gasteiger partial charge in [0.15, 0.2) is 23.0 Å². The number of carbonyl (C=O) groups is 1. The third-order valence-electron chi connectivity index (χ3n) is 6.25. The molecule has 13 heteroatoms. The van der Waals surface area contributed by atoms with E-state index in [1.165, 1.54) is 66.9 Å². The maximum atomic E-state index is 14.0. The molecule has 0 aliphatic rings. The molecule has 0 unspecified atom stereocenters. The van der Waals surface area contributed by atoms with Gasteiger partial charge in [-0.25, -0.2) is 13.8 Å². The lowest BCUT2D eigenvalue weighted by atomic mass is 10.1. The van der Waals surface area contributed by atoms with Crippen LogP contribution in [0.4, 0.5) is 5.69 Å². The van der Waals surface area contributed by atoms with E-state index in [0.717, 1.165) is 4.31 Å². The van der Waals surface area contributed by atoms with Crippen LogP contribution in [0.1, 0.15) is 18.9 Å². The molecule has 0 spiro atoms. The third-order valence-corrected chi connectivity index (χ3v) is 8.01. The largest absolute Gasteiger partial charge is 0.497 e. The average molecular weight is 602 g/mol. The van der Waals surface area contributed by atoms with Crippen molar-refractivity contribution in [1.29, 1.82) is 0 Å². The molecule has 3 rings (SSSR count). The Kier molecular flexibility index (Phi) is 10.9. The second kappa shape index (κ2) is 14.3. The first-order chi connectivity index (χ1) is 20.2. The molecule has 0 heterocycles. The molecule has 0 atom stereocenters. The van der Waals surface area contributed by atoms with Gasteiger partial charge in [-0.2, -0.15) is 5.10 Å². The van der Waals surface area contributed by atoms with Gasteiger partial charge >= 0.3 is 0 Å². The van der Waals surface area contributed by atoms with Crippen LogP contribution in [0.2, 0.25) is 0 Å². The lowest BCUT2D eigenvalue weighted by molar-refractivity contribution is -0.119. The van der Waals surface area contributed by atoms with Gasteiger partial charge in [-0.1, -0.05) is 6.92 Å². The summed E-state index contributed by atoms with van der Waals surface area (Å²) in [5.41, 5.74) is 3.80. The minimum absolute atomic E-state index is 0.0846. The third kappa shape index (κ3) is 6.97. The molecule has 3 aromatic carbocycles. The van der Waals surface area contributed by atoms with E-state index in [1.807, 2.05) is 6.92 Å². The van der Waals surface area contributed by atoms with E-state index < -0.39 is 22.5 Å². The summed E-state index contributed by atoms with van der Waals surface area (Å²) in [6.07, 6.45) is 0.465. The molecule has 0 bridgehead atoms. The quantitative estimate of drug-likeness (QED) is 0.216. The first-order valence-corrected chi connectivity index (χ1v) is 14.2. The summed E-state index contributed by atoms with van der Waals surface area (Å²) in [6, 6.07) is 14.0. The second-order valence-electron chi connectivity index (χ2n) is 8.58. The molecule has 0 aliphatic heterocycles. The Hall–Kier alpha value is -4.65. The van der Waals surface area contributed by atoms with Crippen LogP contribution >= 0.6 is 0 Å². The van der Waals surface area contributed by atoms with Crippen LogP contribution in [0.15, 0.2) is 64.6 Å². The molecule has 0 aliphatic carbocycles. The summed E-state index contributed by atoms with van der Waals surface area (Å²) in [5, 5.41) is 4.28. The molecule has 1 amide bonds. The highest BCUT2D eigenvalue weighted by atomic mass is 32.2. The van der Waals surface area contributed by atoms with E-state index in [4.69, 9.17) is 28.4 Å². The minimum atomic E-state index is -4.35. The van der Waals surface area contributed by atoms with Crippen molar-refractivity contribution in [1.82, 2.24) is 5.43 Å². The highest BCUT2D eigenvalue weighted by Gasteiger charge is 2.31. The molecule has 3 aromatic rings. The van der Waals surface area contributed by atoms with Gasteiger partial charge in [-0.15, -0.1) is 0 Å². The maximum Gasteiger partial charge on any atom is 0.265 e. The molecule has 42 heavy (non-hydrogen) atoms. The Morgan fingerprint density at radius 2 is 1.31 bits per heavy atom. The van der Waals surface area contributed by atoms with Gasteiger partial charge in [0.25, 0.3) is 15.9 Å². The second-order valence-corrected chi connectivity index (χ2v) is 10.4. The van der Waals surface area contributed by atoms with Crippen LogP contribution in [0.3, 0.4) is 0 Å². The number of hydrogen-bond acceptors (Lipinski definition) is 10. The first kappa shape index (κ1) is 31.9. The van der Waals surface area contributed by atoms with Gasteiger partial charge in [0.05, 0.1) is 59.0 Å². The topological polar surface area (TPSA) is 134 Å². The van der Waals surface area contributed by atoms with Crippen molar-refractivity contribution in [3.8, 4) is 34.5 Å². The number of nitrogens with one attached hydrogen (secondary N) is 1. The summed E-state index contributed by atoms with van der Waals surface area (Å²) in [4.78, 5) is 13.1. The number of hydrazone groups is 1. The van der Waals surface area contributed by atoms with Gasteiger partial charge in [0, 0.05) is 17.7 Å². The fourth-order valence-electron chi connectivity index (χ4n) is 4.05. The highest BCUT2D eigenvalue weighted by Crippen LogP contribution is 2.37. The Labute approximate surface area is 245 Å². The van der Waals surface area contributed by atoms with Crippen LogP contribution < -0.4 is 38.2 Å². The van der Waals surface area contributed by atoms with E-state index >= 15 is 0 Å². The predicted molar refractivity (Wildman–Crippen MR) is 158 cm³/mol. The molecule has 0 radical (unpaired) electrons. The van der Waals surface area contributed by atoms with Crippen molar-refractivity contribution in [2.75, 3.05) is 53.5 Å². The zero-order valence-electron chi connectivity index (χ0n) is 24.6. The summed E-state index contributed by atoms with van der Waals surface area (Å²) in [5.74, 6) is 1.46. The van der Waals surface area contributed by atoms with Gasteiger partial charge in [-0.3, -0.25) is 9.10 Å².